The van der Waals surface area contributed by atoms with Crippen LogP contribution in [0.15, 0.2) is 57.5 Å². The molecule has 8 nitrogen and oxygen atoms in total. The Morgan fingerprint density at radius 2 is 1.89 bits per heavy atom. The van der Waals surface area contributed by atoms with Crippen LogP contribution in [0.3, 0.4) is 0 Å². The van der Waals surface area contributed by atoms with Crippen LogP contribution < -0.4 is 16.6 Å². The zero-order valence-electron chi connectivity index (χ0n) is 14.7. The Labute approximate surface area is 154 Å². The Bertz CT molecular complexity index is 1030. The van der Waals surface area contributed by atoms with E-state index in [4.69, 9.17) is 0 Å². The number of carbonyl (C=O) groups is 2. The predicted octanol–water partition coefficient (Wildman–Crippen LogP) is 0.357. The fourth-order valence-electron chi connectivity index (χ4n) is 2.99. The first kappa shape index (κ1) is 18.4. The minimum atomic E-state index is -0.752. The highest BCUT2D eigenvalue weighted by Gasteiger charge is 2.35. The monoisotopic (exact) mass is 369 g/mol. The molecule has 0 aliphatic carbocycles. The van der Waals surface area contributed by atoms with Gasteiger partial charge < -0.3 is 10.4 Å². The highest BCUT2D eigenvalue weighted by molar-refractivity contribution is 6.21. The molecule has 1 amide bonds. The van der Waals surface area contributed by atoms with Crippen molar-refractivity contribution < 1.29 is 14.7 Å². The number of rotatable bonds is 6. The molecule has 1 aromatic carbocycles. The minimum Gasteiger partial charge on any atom is -0.509 e. The third-order valence-electron chi connectivity index (χ3n) is 4.46. The van der Waals surface area contributed by atoms with Crippen LogP contribution in [-0.4, -0.2) is 32.4 Å². The van der Waals surface area contributed by atoms with Crippen molar-refractivity contribution in [1.29, 1.82) is 0 Å². The van der Waals surface area contributed by atoms with E-state index in [9.17, 15) is 24.3 Å². The average molecular weight is 369 g/mol. The van der Waals surface area contributed by atoms with Gasteiger partial charge in [-0.05, 0) is 25.3 Å². The van der Waals surface area contributed by atoms with Crippen molar-refractivity contribution in [2.75, 3.05) is 0 Å². The molecular formula is C19H19N3O5. The van der Waals surface area contributed by atoms with Crippen molar-refractivity contribution in [2.24, 2.45) is 0 Å². The van der Waals surface area contributed by atoms with Crippen LogP contribution in [-0.2, 0) is 22.6 Å². The summed E-state index contributed by atoms with van der Waals surface area (Å²) in [4.78, 5) is 49.9. The Morgan fingerprint density at radius 3 is 2.59 bits per heavy atom. The summed E-state index contributed by atoms with van der Waals surface area (Å²) in [5, 5.41) is 12.9. The molecule has 0 spiro atoms. The summed E-state index contributed by atoms with van der Waals surface area (Å²) < 4.78 is 1.00. The molecule has 3 rings (SSSR count). The number of aromatic amines is 1. The van der Waals surface area contributed by atoms with E-state index in [1.807, 2.05) is 30.3 Å². The zero-order chi connectivity index (χ0) is 19.6. The summed E-state index contributed by atoms with van der Waals surface area (Å²) in [6.07, 6.45) is 2.31. The van der Waals surface area contributed by atoms with Crippen LogP contribution in [0.5, 0.6) is 0 Å². The lowest BCUT2D eigenvalue weighted by molar-refractivity contribution is -0.122. The lowest BCUT2D eigenvalue weighted by Crippen LogP contribution is -2.34. The summed E-state index contributed by atoms with van der Waals surface area (Å²) in [5.74, 6) is -1.67. The summed E-state index contributed by atoms with van der Waals surface area (Å²) in [6, 6.07) is 8.93. The van der Waals surface area contributed by atoms with Gasteiger partial charge >= 0.3 is 5.69 Å². The second kappa shape index (κ2) is 7.45. The number of aromatic nitrogens is 2. The van der Waals surface area contributed by atoms with Crippen LogP contribution in [0.1, 0.15) is 17.5 Å². The summed E-state index contributed by atoms with van der Waals surface area (Å²) in [5.41, 5.74) is -0.320. The number of aliphatic hydroxyl groups excluding tert-OH is 1. The van der Waals surface area contributed by atoms with Crippen LogP contribution in [0.2, 0.25) is 0 Å². The Kier molecular flexibility index (Phi) is 5.07. The fourth-order valence-corrected chi connectivity index (χ4v) is 2.99. The van der Waals surface area contributed by atoms with E-state index in [1.165, 1.54) is 13.1 Å². The fraction of sp³-hybridized carbons (Fsp3) is 0.263. The molecule has 140 valence electrons. The second-order valence-corrected chi connectivity index (χ2v) is 6.43. The quantitative estimate of drug-likeness (QED) is 0.635. The normalized spacial score (nSPS) is 16.5. The second-order valence-electron chi connectivity index (χ2n) is 6.43. The molecule has 0 bridgehead atoms. The summed E-state index contributed by atoms with van der Waals surface area (Å²) in [7, 11) is 0. The molecular weight excluding hydrogens is 350 g/mol. The molecule has 1 unspecified atom stereocenters. The number of carbonyl (C=O) groups excluding carboxylic acids is 2. The molecule has 1 atom stereocenters. The van der Waals surface area contributed by atoms with Gasteiger partial charge in [0.2, 0.25) is 0 Å². The molecule has 0 saturated carbocycles. The number of hydrogen-bond acceptors (Lipinski definition) is 5. The van der Waals surface area contributed by atoms with Crippen molar-refractivity contribution >= 4 is 11.7 Å². The van der Waals surface area contributed by atoms with Gasteiger partial charge in [-0.25, -0.2) is 4.79 Å². The number of nitrogens with one attached hydrogen (secondary N) is 2. The molecule has 0 radical (unpaired) electrons. The smallest absolute Gasteiger partial charge is 0.328 e. The number of nitrogens with zero attached hydrogens (tertiary/aromatic N) is 1. The third-order valence-corrected chi connectivity index (χ3v) is 4.46. The number of H-pyrrole nitrogens is 1. The van der Waals surface area contributed by atoms with Crippen LogP contribution >= 0.6 is 0 Å². The maximum Gasteiger partial charge on any atom is 0.328 e. The molecule has 0 saturated heterocycles. The van der Waals surface area contributed by atoms with E-state index in [2.05, 4.69) is 10.3 Å². The van der Waals surface area contributed by atoms with Gasteiger partial charge in [0.25, 0.3) is 11.5 Å². The number of benzene rings is 1. The lowest BCUT2D eigenvalue weighted by atomic mass is 10.0. The van der Waals surface area contributed by atoms with E-state index in [1.54, 1.807) is 0 Å². The van der Waals surface area contributed by atoms with Crippen molar-refractivity contribution in [3.63, 3.8) is 0 Å². The number of amides is 1. The molecule has 2 aromatic rings. The maximum absolute atomic E-state index is 12.5. The van der Waals surface area contributed by atoms with Gasteiger partial charge in [0.05, 0.1) is 12.6 Å². The van der Waals surface area contributed by atoms with Crippen molar-refractivity contribution in [2.45, 2.75) is 32.4 Å². The van der Waals surface area contributed by atoms with Gasteiger partial charge in [0.15, 0.2) is 5.78 Å². The highest BCUT2D eigenvalue weighted by atomic mass is 16.3. The Hall–Kier alpha value is -3.42. The van der Waals surface area contributed by atoms with Gasteiger partial charge in [-0.15, -0.1) is 0 Å². The predicted molar refractivity (Wildman–Crippen MR) is 97.4 cm³/mol. The van der Waals surface area contributed by atoms with Crippen molar-refractivity contribution in [3.8, 4) is 0 Å². The number of aliphatic hydroxyl groups is 1. The van der Waals surface area contributed by atoms with Crippen LogP contribution in [0, 0.1) is 6.92 Å². The molecule has 2 heterocycles. The Morgan fingerprint density at radius 1 is 1.19 bits per heavy atom. The molecule has 1 aliphatic rings. The largest absolute Gasteiger partial charge is 0.509 e. The SMILES string of the molecule is Cc1cn(CC(=O)C2=C(O)C(CCc3ccccc3)NC2=O)c(=O)[nH]c1=O. The standard InChI is InChI=1S/C19H19N3O5/c1-11-9-22(19(27)21-17(11)25)10-14(23)15-16(24)13(20-18(15)26)8-7-12-5-3-2-4-6-12/h2-6,9,13,24H,7-8,10H2,1H3,(H,20,26)(H,21,25,27). The van der Waals surface area contributed by atoms with Crippen LogP contribution in [0.4, 0.5) is 0 Å². The maximum atomic E-state index is 12.5. The Balaban J connectivity index is 1.76. The van der Waals surface area contributed by atoms with Gasteiger partial charge in [0.1, 0.15) is 11.3 Å². The van der Waals surface area contributed by atoms with E-state index in [0.717, 1.165) is 10.1 Å². The van der Waals surface area contributed by atoms with Gasteiger partial charge in [0, 0.05) is 11.8 Å². The molecule has 1 aromatic heterocycles. The van der Waals surface area contributed by atoms with E-state index in [-0.39, 0.29) is 16.9 Å². The van der Waals surface area contributed by atoms with Gasteiger partial charge in [-0.1, -0.05) is 30.3 Å². The van der Waals surface area contributed by atoms with E-state index >= 15 is 0 Å². The first-order valence-corrected chi connectivity index (χ1v) is 8.48. The number of hydrogen-bond donors (Lipinski definition) is 3. The molecule has 27 heavy (non-hydrogen) atoms. The number of ketones is 1. The van der Waals surface area contributed by atoms with Crippen molar-refractivity contribution in [3.05, 3.63) is 79.8 Å². The molecule has 0 fully saturated rings. The molecule has 1 aliphatic heterocycles. The van der Waals surface area contributed by atoms with Crippen LogP contribution in [0.25, 0.3) is 0 Å². The van der Waals surface area contributed by atoms with Crippen molar-refractivity contribution in [1.82, 2.24) is 14.9 Å². The van der Waals surface area contributed by atoms with Gasteiger partial charge in [-0.3, -0.25) is 23.9 Å². The van der Waals surface area contributed by atoms with E-state index in [0.29, 0.717) is 12.8 Å². The topological polar surface area (TPSA) is 121 Å². The number of Topliss-reactive ketones (excluding diaryl/α,β-unsaturated/α-hetero) is 1. The van der Waals surface area contributed by atoms with Gasteiger partial charge in [-0.2, -0.15) is 0 Å². The summed E-state index contributed by atoms with van der Waals surface area (Å²) >= 11 is 0. The first-order chi connectivity index (χ1) is 12.9. The number of aryl methyl sites for hydroxylation is 2. The lowest BCUT2D eigenvalue weighted by Gasteiger charge is -2.10. The van der Waals surface area contributed by atoms with E-state index < -0.39 is 35.5 Å². The average Bonchev–Trinajstić information content (AvgIpc) is 2.92. The first-order valence-electron chi connectivity index (χ1n) is 8.48. The summed E-state index contributed by atoms with van der Waals surface area (Å²) in [6.45, 7) is 1.05. The highest BCUT2D eigenvalue weighted by Crippen LogP contribution is 2.20. The molecule has 8 heteroatoms. The minimum absolute atomic E-state index is 0.261. The molecule has 3 N–H and O–H groups in total. The zero-order valence-corrected chi connectivity index (χ0v) is 14.7. The third kappa shape index (κ3) is 3.89.